The molecular formula is C12H21N5. The highest BCUT2D eigenvalue weighted by molar-refractivity contribution is 5.37. The monoisotopic (exact) mass is 235 g/mol. The maximum atomic E-state index is 5.59. The predicted molar refractivity (Wildman–Crippen MR) is 70.0 cm³/mol. The van der Waals surface area contributed by atoms with Gasteiger partial charge in [-0.3, -0.25) is 0 Å². The summed E-state index contributed by atoms with van der Waals surface area (Å²) in [6, 6.07) is 0. The zero-order valence-corrected chi connectivity index (χ0v) is 10.8. The summed E-state index contributed by atoms with van der Waals surface area (Å²) < 4.78 is 0. The minimum atomic E-state index is 0.291. The van der Waals surface area contributed by atoms with Crippen LogP contribution < -0.4 is 10.6 Å². The Balaban J connectivity index is 2.05. The Morgan fingerprint density at radius 3 is 2.24 bits per heavy atom. The third kappa shape index (κ3) is 2.34. The van der Waals surface area contributed by atoms with E-state index in [-0.39, 0.29) is 0 Å². The van der Waals surface area contributed by atoms with Crippen molar-refractivity contribution >= 4 is 11.6 Å². The lowest BCUT2D eigenvalue weighted by Crippen LogP contribution is -2.57. The fourth-order valence-electron chi connectivity index (χ4n) is 2.37. The van der Waals surface area contributed by atoms with Gasteiger partial charge in [-0.2, -0.15) is 0 Å². The summed E-state index contributed by atoms with van der Waals surface area (Å²) in [6.45, 7) is 0.962. The lowest BCUT2D eigenvalue weighted by Gasteiger charge is -2.49. The topological polar surface area (TPSA) is 58.3 Å². The Morgan fingerprint density at radius 2 is 1.82 bits per heavy atom. The maximum Gasteiger partial charge on any atom is 0.225 e. The molecule has 5 nitrogen and oxygen atoms in total. The van der Waals surface area contributed by atoms with Gasteiger partial charge in [-0.1, -0.05) is 0 Å². The molecule has 0 saturated heterocycles. The van der Waals surface area contributed by atoms with Crippen molar-refractivity contribution < 1.29 is 0 Å². The maximum absolute atomic E-state index is 5.59. The number of anilines is 2. The van der Waals surface area contributed by atoms with Gasteiger partial charge in [0.05, 0.1) is 18.1 Å². The van der Waals surface area contributed by atoms with Gasteiger partial charge >= 0.3 is 0 Å². The number of hydrogen-bond donors (Lipinski definition) is 1. The highest BCUT2D eigenvalue weighted by atomic mass is 15.3. The number of likely N-dealkylation sites (N-methyl/N-ethyl adjacent to an activating group) is 2. The molecule has 5 heteroatoms. The van der Waals surface area contributed by atoms with E-state index < -0.39 is 0 Å². The van der Waals surface area contributed by atoms with Crippen LogP contribution in [-0.4, -0.2) is 48.1 Å². The molecule has 0 bridgehead atoms. The van der Waals surface area contributed by atoms with Crippen molar-refractivity contribution in [1.29, 1.82) is 0 Å². The smallest absolute Gasteiger partial charge is 0.225 e. The molecule has 1 aromatic rings. The SMILES string of the molecule is CN(CC1(N(C)C)CCC1)c1ncc(N)cn1. The van der Waals surface area contributed by atoms with Gasteiger partial charge in [0.2, 0.25) is 5.95 Å². The van der Waals surface area contributed by atoms with E-state index in [4.69, 9.17) is 5.73 Å². The highest BCUT2D eigenvalue weighted by Crippen LogP contribution is 2.37. The summed E-state index contributed by atoms with van der Waals surface area (Å²) in [7, 11) is 6.34. The summed E-state index contributed by atoms with van der Waals surface area (Å²) in [5, 5.41) is 0. The Hall–Kier alpha value is -1.36. The van der Waals surface area contributed by atoms with Crippen molar-refractivity contribution in [2.45, 2.75) is 24.8 Å². The van der Waals surface area contributed by atoms with Crippen LogP contribution in [0.2, 0.25) is 0 Å². The fraction of sp³-hybridized carbons (Fsp3) is 0.667. The second-order valence-corrected chi connectivity index (χ2v) is 5.14. The van der Waals surface area contributed by atoms with E-state index in [0.29, 0.717) is 11.2 Å². The first-order chi connectivity index (χ1) is 8.03. The van der Waals surface area contributed by atoms with Crippen molar-refractivity contribution in [1.82, 2.24) is 14.9 Å². The van der Waals surface area contributed by atoms with Crippen molar-refractivity contribution in [2.24, 2.45) is 0 Å². The van der Waals surface area contributed by atoms with Gasteiger partial charge in [0.1, 0.15) is 0 Å². The molecule has 0 unspecified atom stereocenters. The number of nitrogen functional groups attached to an aromatic ring is 1. The third-order valence-corrected chi connectivity index (χ3v) is 3.76. The Kier molecular flexibility index (Phi) is 3.19. The second kappa shape index (κ2) is 4.49. The van der Waals surface area contributed by atoms with Crippen LogP contribution in [0.1, 0.15) is 19.3 Å². The predicted octanol–water partition coefficient (Wildman–Crippen LogP) is 0.979. The Bertz CT molecular complexity index is 369. The van der Waals surface area contributed by atoms with Gasteiger partial charge in [0.25, 0.3) is 0 Å². The van der Waals surface area contributed by atoms with E-state index in [1.165, 1.54) is 19.3 Å². The Morgan fingerprint density at radius 1 is 1.24 bits per heavy atom. The van der Waals surface area contributed by atoms with E-state index in [0.717, 1.165) is 12.5 Å². The average Bonchev–Trinajstić information content (AvgIpc) is 2.23. The first-order valence-corrected chi connectivity index (χ1v) is 6.00. The molecule has 0 aromatic carbocycles. The molecule has 94 valence electrons. The van der Waals surface area contributed by atoms with Crippen molar-refractivity contribution in [3.63, 3.8) is 0 Å². The fourth-order valence-corrected chi connectivity index (χ4v) is 2.37. The normalized spacial score (nSPS) is 17.9. The van der Waals surface area contributed by atoms with Gasteiger partial charge in [-0.25, -0.2) is 9.97 Å². The summed E-state index contributed by atoms with van der Waals surface area (Å²) in [5.74, 6) is 0.743. The van der Waals surface area contributed by atoms with E-state index >= 15 is 0 Å². The summed E-state index contributed by atoms with van der Waals surface area (Å²) in [6.07, 6.45) is 7.12. The van der Waals surface area contributed by atoms with E-state index in [1.807, 2.05) is 7.05 Å². The van der Waals surface area contributed by atoms with Gasteiger partial charge in [-0.15, -0.1) is 0 Å². The summed E-state index contributed by atoms with van der Waals surface area (Å²) in [5.41, 5.74) is 6.48. The van der Waals surface area contributed by atoms with Crippen molar-refractivity contribution in [2.75, 3.05) is 38.3 Å². The van der Waals surface area contributed by atoms with E-state index in [2.05, 4.69) is 33.9 Å². The standard InChI is InChI=1S/C12H21N5/c1-16(2)12(5-4-6-12)9-17(3)11-14-7-10(13)8-15-11/h7-8H,4-6,9,13H2,1-3H3. The summed E-state index contributed by atoms with van der Waals surface area (Å²) >= 11 is 0. The molecule has 1 aliphatic rings. The second-order valence-electron chi connectivity index (χ2n) is 5.14. The van der Waals surface area contributed by atoms with Crippen LogP contribution in [0.25, 0.3) is 0 Å². The molecule has 0 aliphatic heterocycles. The van der Waals surface area contributed by atoms with E-state index in [1.54, 1.807) is 12.4 Å². The minimum Gasteiger partial charge on any atom is -0.396 e. The number of rotatable bonds is 4. The van der Waals surface area contributed by atoms with Crippen LogP contribution in [-0.2, 0) is 0 Å². The van der Waals surface area contributed by atoms with Crippen LogP contribution in [0.15, 0.2) is 12.4 Å². The van der Waals surface area contributed by atoms with Crippen LogP contribution in [0, 0.1) is 0 Å². The van der Waals surface area contributed by atoms with Crippen molar-refractivity contribution in [3.8, 4) is 0 Å². The van der Waals surface area contributed by atoms with Crippen molar-refractivity contribution in [3.05, 3.63) is 12.4 Å². The molecule has 0 atom stereocenters. The molecule has 1 heterocycles. The molecule has 2 N–H and O–H groups in total. The van der Waals surface area contributed by atoms with Gasteiger partial charge in [-0.05, 0) is 33.4 Å². The molecule has 0 amide bonds. The molecule has 17 heavy (non-hydrogen) atoms. The third-order valence-electron chi connectivity index (χ3n) is 3.76. The molecule has 0 spiro atoms. The summed E-state index contributed by atoms with van der Waals surface area (Å²) in [4.78, 5) is 12.9. The number of nitrogens with zero attached hydrogens (tertiary/aromatic N) is 4. The zero-order valence-electron chi connectivity index (χ0n) is 10.8. The number of hydrogen-bond acceptors (Lipinski definition) is 5. The quantitative estimate of drug-likeness (QED) is 0.843. The first kappa shape index (κ1) is 12.1. The van der Waals surface area contributed by atoms with Gasteiger partial charge in [0.15, 0.2) is 0 Å². The van der Waals surface area contributed by atoms with Crippen LogP contribution >= 0.6 is 0 Å². The molecule has 0 radical (unpaired) electrons. The molecular weight excluding hydrogens is 214 g/mol. The van der Waals surface area contributed by atoms with Crippen LogP contribution in [0.3, 0.4) is 0 Å². The van der Waals surface area contributed by atoms with Gasteiger partial charge < -0.3 is 15.5 Å². The molecule has 1 fully saturated rings. The molecule has 1 saturated carbocycles. The zero-order chi connectivity index (χ0) is 12.5. The number of aromatic nitrogens is 2. The first-order valence-electron chi connectivity index (χ1n) is 6.00. The molecule has 1 aromatic heterocycles. The minimum absolute atomic E-state index is 0.291. The Labute approximate surface area is 103 Å². The average molecular weight is 235 g/mol. The van der Waals surface area contributed by atoms with E-state index in [9.17, 15) is 0 Å². The lowest BCUT2D eigenvalue weighted by molar-refractivity contribution is 0.0680. The van der Waals surface area contributed by atoms with Crippen LogP contribution in [0.5, 0.6) is 0 Å². The number of nitrogens with two attached hydrogens (primary N) is 1. The molecule has 1 aliphatic carbocycles. The largest absolute Gasteiger partial charge is 0.396 e. The molecule has 2 rings (SSSR count). The van der Waals surface area contributed by atoms with Crippen LogP contribution in [0.4, 0.5) is 11.6 Å². The van der Waals surface area contributed by atoms with Gasteiger partial charge in [0, 0.05) is 19.1 Å². The lowest BCUT2D eigenvalue weighted by atomic mass is 9.75. The highest BCUT2D eigenvalue weighted by Gasteiger charge is 2.40.